The Hall–Kier alpha value is -3.67. The van der Waals surface area contributed by atoms with Crippen LogP contribution in [0, 0.1) is 5.92 Å². The van der Waals surface area contributed by atoms with Gasteiger partial charge in [0, 0.05) is 0 Å². The molecule has 3 unspecified atom stereocenters. The third kappa shape index (κ3) is 6.02. The Kier molecular flexibility index (Phi) is 7.25. The number of oxime groups is 1. The van der Waals surface area contributed by atoms with Crippen molar-refractivity contribution < 1.29 is 45.6 Å². The predicted octanol–water partition coefficient (Wildman–Crippen LogP) is 2.54. The smallest absolute Gasteiger partial charge is 0.364 e. The number of aromatic nitrogens is 3. The van der Waals surface area contributed by atoms with Crippen molar-refractivity contribution in [1.29, 1.82) is 0 Å². The Morgan fingerprint density at radius 2 is 1.98 bits per heavy atom. The summed E-state index contributed by atoms with van der Waals surface area (Å²) in [5.41, 5.74) is 0.524. The average molecular weight is 593 g/mol. The van der Waals surface area contributed by atoms with Gasteiger partial charge in [0.1, 0.15) is 6.04 Å². The number of fused-ring (bicyclic) bond motifs is 1. The fourth-order valence-electron chi connectivity index (χ4n) is 4.50. The Morgan fingerprint density at radius 1 is 1.24 bits per heavy atom. The first-order chi connectivity index (χ1) is 19.1. The lowest BCUT2D eigenvalue weighted by Crippen LogP contribution is -2.45. The molecule has 5 rings (SSSR count). The molecule has 2 aromatic heterocycles. The largest absolute Gasteiger partial charge is 0.416 e. The molecule has 0 aromatic carbocycles. The second-order valence-electron chi connectivity index (χ2n) is 10.5. The minimum absolute atomic E-state index is 0.0363. The van der Waals surface area contributed by atoms with Crippen molar-refractivity contribution in [1.82, 2.24) is 35.6 Å². The minimum atomic E-state index is -4.70. The number of carbonyl (C=O) groups is 2. The van der Waals surface area contributed by atoms with E-state index < -0.39 is 61.2 Å². The fraction of sp³-hybridized carbons (Fsp3) is 0.609. The van der Waals surface area contributed by atoms with E-state index in [-0.39, 0.29) is 29.5 Å². The molecule has 1 saturated heterocycles. The molecule has 18 heteroatoms. The molecule has 3 amide bonds. The van der Waals surface area contributed by atoms with Crippen molar-refractivity contribution in [3.63, 3.8) is 0 Å². The minimum Gasteiger partial charge on any atom is -0.364 e. The van der Waals surface area contributed by atoms with Gasteiger partial charge in [0.2, 0.25) is 0 Å². The highest BCUT2D eigenvalue weighted by molar-refractivity contribution is 6.39. The number of nitrogens with one attached hydrogen (secondary N) is 3. The highest BCUT2D eigenvalue weighted by Crippen LogP contribution is 2.46. The number of halogens is 6. The van der Waals surface area contributed by atoms with Crippen LogP contribution in [0.5, 0.6) is 0 Å². The summed E-state index contributed by atoms with van der Waals surface area (Å²) in [4.78, 5) is 35.3. The van der Waals surface area contributed by atoms with Crippen LogP contribution in [0.15, 0.2) is 23.6 Å². The second kappa shape index (κ2) is 10.3. The maximum atomic E-state index is 13.4. The standard InChI is InChI=1S/C23H26F6N8O4/c1-21(2,23(27,28)29)40-10-15(33-19(38)13-7-31-41-35-13)14-8-37-17(32-14)5-12(6-30-37)18(11-3-4-11)36-9-16(22(24,25)26)34-20(36)39/h5-6,8,11,15-16,18,31H,3-4,7,9-10H2,1-2H3,(H,33,38)(H,34,39). The molecule has 2 aliphatic heterocycles. The average Bonchev–Trinajstić information content (AvgIpc) is 3.25. The summed E-state index contributed by atoms with van der Waals surface area (Å²) in [5, 5.41) is 12.3. The molecule has 3 N–H and O–H groups in total. The zero-order valence-electron chi connectivity index (χ0n) is 21.7. The molecule has 3 atom stereocenters. The molecule has 12 nitrogen and oxygen atoms in total. The number of hydroxylamine groups is 1. The number of ether oxygens (including phenoxy) is 1. The van der Waals surface area contributed by atoms with E-state index in [0.29, 0.717) is 18.4 Å². The van der Waals surface area contributed by atoms with Crippen molar-refractivity contribution in [3.05, 3.63) is 29.7 Å². The number of carbonyl (C=O) groups excluding carboxylic acids is 2. The first-order valence-corrected chi connectivity index (χ1v) is 12.6. The van der Waals surface area contributed by atoms with E-state index in [9.17, 15) is 35.9 Å². The second-order valence-corrected chi connectivity index (χ2v) is 10.5. The van der Waals surface area contributed by atoms with Crippen LogP contribution in [-0.4, -0.2) is 80.8 Å². The first kappa shape index (κ1) is 28.8. The molecular weight excluding hydrogens is 566 g/mol. The first-order valence-electron chi connectivity index (χ1n) is 12.6. The van der Waals surface area contributed by atoms with E-state index in [1.54, 1.807) is 6.07 Å². The molecule has 0 bridgehead atoms. The van der Waals surface area contributed by atoms with E-state index in [0.717, 1.165) is 18.7 Å². The maximum absolute atomic E-state index is 13.4. The maximum Gasteiger partial charge on any atom is 0.416 e. The highest BCUT2D eigenvalue weighted by atomic mass is 19.4. The van der Waals surface area contributed by atoms with E-state index >= 15 is 0 Å². The molecule has 0 radical (unpaired) electrons. The van der Waals surface area contributed by atoms with Crippen molar-refractivity contribution in [3.8, 4) is 0 Å². The van der Waals surface area contributed by atoms with Gasteiger partial charge in [0.15, 0.2) is 17.0 Å². The topological polar surface area (TPSA) is 134 Å². The van der Waals surface area contributed by atoms with Gasteiger partial charge in [-0.3, -0.25) is 9.73 Å². The van der Waals surface area contributed by atoms with Crippen LogP contribution in [-0.2, 0) is 14.5 Å². The molecule has 41 heavy (non-hydrogen) atoms. The monoisotopic (exact) mass is 592 g/mol. The van der Waals surface area contributed by atoms with Crippen LogP contribution in [0.4, 0.5) is 31.1 Å². The third-order valence-corrected chi connectivity index (χ3v) is 7.12. The van der Waals surface area contributed by atoms with Crippen molar-refractivity contribution >= 4 is 23.3 Å². The number of imidazole rings is 1. The lowest BCUT2D eigenvalue weighted by atomic mass is 10.0. The van der Waals surface area contributed by atoms with Gasteiger partial charge in [-0.1, -0.05) is 5.16 Å². The molecule has 3 aliphatic rings. The Labute approximate surface area is 228 Å². The van der Waals surface area contributed by atoms with Gasteiger partial charge < -0.3 is 20.3 Å². The Bertz CT molecular complexity index is 1360. The van der Waals surface area contributed by atoms with Crippen LogP contribution in [0.25, 0.3) is 5.65 Å². The van der Waals surface area contributed by atoms with E-state index in [1.807, 2.05) is 5.32 Å². The molecule has 0 spiro atoms. The van der Waals surface area contributed by atoms with Gasteiger partial charge in [0.05, 0.1) is 49.9 Å². The zero-order valence-corrected chi connectivity index (χ0v) is 21.7. The van der Waals surface area contributed by atoms with Crippen molar-refractivity contribution in [2.24, 2.45) is 11.1 Å². The molecule has 224 valence electrons. The number of amides is 3. The number of hydrogen-bond acceptors (Lipinski definition) is 8. The summed E-state index contributed by atoms with van der Waals surface area (Å²) < 4.78 is 86.5. The third-order valence-electron chi connectivity index (χ3n) is 7.12. The van der Waals surface area contributed by atoms with Crippen LogP contribution in [0.1, 0.15) is 50.0 Å². The van der Waals surface area contributed by atoms with Crippen molar-refractivity contribution in [2.45, 2.75) is 62.8 Å². The number of alkyl halides is 6. The molecular formula is C23H26F6N8O4. The number of urea groups is 1. The van der Waals surface area contributed by atoms with Gasteiger partial charge in [-0.15, -0.1) is 5.48 Å². The van der Waals surface area contributed by atoms with Crippen LogP contribution < -0.4 is 16.1 Å². The molecule has 2 fully saturated rings. The van der Waals surface area contributed by atoms with Crippen LogP contribution in [0.2, 0.25) is 0 Å². The summed E-state index contributed by atoms with van der Waals surface area (Å²) in [7, 11) is 0. The van der Waals surface area contributed by atoms with Crippen LogP contribution >= 0.6 is 0 Å². The predicted molar refractivity (Wildman–Crippen MR) is 127 cm³/mol. The van der Waals surface area contributed by atoms with Gasteiger partial charge in [0.25, 0.3) is 5.91 Å². The summed E-state index contributed by atoms with van der Waals surface area (Å²) in [6, 6.07) is -3.14. The summed E-state index contributed by atoms with van der Waals surface area (Å²) in [6.45, 7) is 0.479. The normalized spacial score (nSPS) is 21.5. The molecule has 2 aromatic rings. The van der Waals surface area contributed by atoms with Crippen LogP contribution in [0.3, 0.4) is 0 Å². The highest BCUT2D eigenvalue weighted by Gasteiger charge is 2.51. The lowest BCUT2D eigenvalue weighted by Gasteiger charge is -2.30. The van der Waals surface area contributed by atoms with E-state index in [1.165, 1.54) is 16.9 Å². The van der Waals surface area contributed by atoms with Gasteiger partial charge in [-0.2, -0.15) is 31.4 Å². The molecule has 1 saturated carbocycles. The van der Waals surface area contributed by atoms with E-state index in [4.69, 9.17) is 4.74 Å². The fourth-order valence-corrected chi connectivity index (χ4v) is 4.50. The molecule has 1 aliphatic carbocycles. The Morgan fingerprint density at radius 3 is 2.56 bits per heavy atom. The van der Waals surface area contributed by atoms with Crippen molar-refractivity contribution in [2.75, 3.05) is 19.7 Å². The lowest BCUT2D eigenvalue weighted by molar-refractivity contribution is -0.265. The number of hydrogen-bond donors (Lipinski definition) is 3. The zero-order chi connectivity index (χ0) is 29.7. The van der Waals surface area contributed by atoms with Gasteiger partial charge in [-0.05, 0) is 44.2 Å². The summed E-state index contributed by atoms with van der Waals surface area (Å²) in [6.07, 6.45) is -5.10. The van der Waals surface area contributed by atoms with Gasteiger partial charge >= 0.3 is 18.4 Å². The summed E-state index contributed by atoms with van der Waals surface area (Å²) in [5.74, 6) is -0.799. The number of rotatable bonds is 9. The molecule has 4 heterocycles. The van der Waals surface area contributed by atoms with Gasteiger partial charge in [-0.25, -0.2) is 14.3 Å². The number of nitrogens with zero attached hydrogens (tertiary/aromatic N) is 5. The quantitative estimate of drug-likeness (QED) is 0.381. The Balaban J connectivity index is 1.42. The van der Waals surface area contributed by atoms with E-state index in [2.05, 4.69) is 31.0 Å². The SMILES string of the molecule is CC(C)(OCC(NC(=O)C1=NONC1)c1cn2ncc(C(C3CC3)N3CC(C(F)(F)F)NC3=O)cc2n1)C(F)(F)F. The summed E-state index contributed by atoms with van der Waals surface area (Å²) >= 11 is 0.